The fourth-order valence-electron chi connectivity index (χ4n) is 4.81. The Bertz CT molecular complexity index is 1430. The molecule has 0 aliphatic carbocycles. The highest BCUT2D eigenvalue weighted by Crippen LogP contribution is 2.44. The van der Waals surface area contributed by atoms with E-state index in [0.717, 1.165) is 21.3 Å². The van der Waals surface area contributed by atoms with E-state index < -0.39 is 35.3 Å². The van der Waals surface area contributed by atoms with Crippen molar-refractivity contribution < 1.29 is 24.1 Å². The van der Waals surface area contributed by atoms with Gasteiger partial charge >= 0.3 is 5.69 Å². The lowest BCUT2D eigenvalue weighted by molar-refractivity contribution is -0.0905. The highest BCUT2D eigenvalue weighted by molar-refractivity contribution is 5.49. The maximum atomic E-state index is 12.4. The summed E-state index contributed by atoms with van der Waals surface area (Å²) in [5.74, 6) is 1.37. The summed E-state index contributed by atoms with van der Waals surface area (Å²) in [5, 5.41) is 11.3. The van der Waals surface area contributed by atoms with Gasteiger partial charge < -0.3 is 24.1 Å². The fraction of sp³-hybridized carbons (Fsp3) is 0.241. The average Bonchev–Trinajstić information content (AvgIpc) is 3.31. The van der Waals surface area contributed by atoms with Gasteiger partial charge in [-0.25, -0.2) is 4.79 Å². The fourth-order valence-corrected chi connectivity index (χ4v) is 4.81. The minimum atomic E-state index is -1.21. The number of nitrogens with one attached hydrogen (secondary N) is 1. The normalized spacial score (nSPS) is 19.3. The number of aromatic amines is 1. The van der Waals surface area contributed by atoms with Gasteiger partial charge in [0, 0.05) is 12.3 Å². The molecule has 0 unspecified atom stereocenters. The van der Waals surface area contributed by atoms with Crippen LogP contribution in [-0.2, 0) is 15.1 Å². The van der Waals surface area contributed by atoms with Crippen molar-refractivity contribution >= 4 is 0 Å². The molecular formula is C29H28N2O7. The zero-order valence-corrected chi connectivity index (χ0v) is 20.9. The standard InChI is InChI=1S/C29H28N2O7/c1-35-22-12-8-20(9-13-22)29(19-6-4-3-5-7-19,21-10-14-23(36-2)15-11-21)38-24-18-37-27(26(24)33)31-17-16-25(32)30-28(31)34/h3-17,24,26-27,33H,18H2,1-2H3,(H,30,32,34)/t24-,26+,27+/m0/s1. The second-order valence-electron chi connectivity index (χ2n) is 8.89. The number of H-pyrrole nitrogens is 1. The van der Waals surface area contributed by atoms with Crippen molar-refractivity contribution in [3.8, 4) is 11.5 Å². The largest absolute Gasteiger partial charge is 0.497 e. The molecule has 3 aromatic carbocycles. The van der Waals surface area contributed by atoms with E-state index in [1.165, 1.54) is 12.3 Å². The molecule has 0 bridgehead atoms. The Kier molecular flexibility index (Phi) is 7.15. The molecule has 0 radical (unpaired) electrons. The summed E-state index contributed by atoms with van der Waals surface area (Å²) >= 11 is 0. The Balaban J connectivity index is 1.63. The summed E-state index contributed by atoms with van der Waals surface area (Å²) in [6.07, 6.45) is -1.78. The van der Waals surface area contributed by atoms with E-state index in [9.17, 15) is 14.7 Å². The number of methoxy groups -OCH3 is 2. The Morgan fingerprint density at radius 2 is 1.39 bits per heavy atom. The smallest absolute Gasteiger partial charge is 0.330 e. The minimum absolute atomic E-state index is 0.0122. The molecule has 1 fully saturated rings. The van der Waals surface area contributed by atoms with Crippen molar-refractivity contribution in [3.63, 3.8) is 0 Å². The van der Waals surface area contributed by atoms with Crippen LogP contribution in [0.2, 0.25) is 0 Å². The minimum Gasteiger partial charge on any atom is -0.497 e. The molecule has 196 valence electrons. The zero-order chi connectivity index (χ0) is 26.7. The van der Waals surface area contributed by atoms with Gasteiger partial charge in [-0.1, -0.05) is 54.6 Å². The molecule has 0 saturated carbocycles. The van der Waals surface area contributed by atoms with Gasteiger partial charge in [0.25, 0.3) is 5.56 Å². The second kappa shape index (κ2) is 10.7. The van der Waals surface area contributed by atoms with Crippen LogP contribution in [-0.4, -0.2) is 47.7 Å². The quantitative estimate of drug-likeness (QED) is 0.347. The van der Waals surface area contributed by atoms with Crippen molar-refractivity contribution in [1.82, 2.24) is 9.55 Å². The van der Waals surface area contributed by atoms with Crippen molar-refractivity contribution in [3.05, 3.63) is 129 Å². The molecular weight excluding hydrogens is 488 g/mol. The Morgan fingerprint density at radius 1 is 0.842 bits per heavy atom. The summed E-state index contributed by atoms with van der Waals surface area (Å²) in [6, 6.07) is 26.0. The van der Waals surface area contributed by atoms with E-state index >= 15 is 0 Å². The highest BCUT2D eigenvalue weighted by Gasteiger charge is 2.46. The SMILES string of the molecule is COc1ccc(C(O[C@H]2CO[C@@H](n3ccc(=O)[nH]c3=O)[C@@H]2O)(c2ccccc2)c2ccc(OC)cc2)cc1. The van der Waals surface area contributed by atoms with Gasteiger partial charge in [0.2, 0.25) is 0 Å². The number of aromatic nitrogens is 2. The molecule has 1 aliphatic rings. The van der Waals surface area contributed by atoms with Crippen LogP contribution in [0.3, 0.4) is 0 Å². The molecule has 2 heterocycles. The number of aliphatic hydroxyl groups excluding tert-OH is 1. The lowest BCUT2D eigenvalue weighted by Gasteiger charge is -2.38. The summed E-state index contributed by atoms with van der Waals surface area (Å²) in [7, 11) is 3.20. The number of rotatable bonds is 8. The molecule has 5 rings (SSSR count). The van der Waals surface area contributed by atoms with Gasteiger partial charge in [-0.2, -0.15) is 0 Å². The van der Waals surface area contributed by atoms with Gasteiger partial charge in [-0.05, 0) is 41.0 Å². The summed E-state index contributed by atoms with van der Waals surface area (Å²) in [4.78, 5) is 26.1. The van der Waals surface area contributed by atoms with Gasteiger partial charge in [0.15, 0.2) is 6.23 Å². The molecule has 38 heavy (non-hydrogen) atoms. The molecule has 9 heteroatoms. The zero-order valence-electron chi connectivity index (χ0n) is 20.9. The molecule has 1 aromatic heterocycles. The van der Waals surface area contributed by atoms with Crippen LogP contribution in [0.25, 0.3) is 0 Å². The van der Waals surface area contributed by atoms with Crippen LogP contribution in [0.5, 0.6) is 11.5 Å². The first kappa shape index (κ1) is 25.5. The van der Waals surface area contributed by atoms with Crippen LogP contribution in [0, 0.1) is 0 Å². The first-order chi connectivity index (χ1) is 18.5. The molecule has 0 spiro atoms. The third-order valence-electron chi connectivity index (χ3n) is 6.73. The molecule has 2 N–H and O–H groups in total. The third kappa shape index (κ3) is 4.63. The number of nitrogens with zero attached hydrogens (tertiary/aromatic N) is 1. The summed E-state index contributed by atoms with van der Waals surface area (Å²) in [5.41, 5.74) is 0.0420. The molecule has 4 aromatic rings. The van der Waals surface area contributed by atoms with Gasteiger partial charge in [-0.15, -0.1) is 0 Å². The van der Waals surface area contributed by atoms with Crippen molar-refractivity contribution in [1.29, 1.82) is 0 Å². The number of aliphatic hydroxyl groups is 1. The first-order valence-electron chi connectivity index (χ1n) is 12.1. The van der Waals surface area contributed by atoms with E-state index in [1.54, 1.807) is 14.2 Å². The number of hydrogen-bond donors (Lipinski definition) is 2. The van der Waals surface area contributed by atoms with Crippen LogP contribution in [0.15, 0.2) is 101 Å². The monoisotopic (exact) mass is 516 g/mol. The van der Waals surface area contributed by atoms with E-state index in [1.807, 2.05) is 78.9 Å². The van der Waals surface area contributed by atoms with Gasteiger partial charge in [0.05, 0.1) is 20.8 Å². The highest BCUT2D eigenvalue weighted by atomic mass is 16.6. The van der Waals surface area contributed by atoms with Crippen molar-refractivity contribution in [2.45, 2.75) is 24.0 Å². The lowest BCUT2D eigenvalue weighted by atomic mass is 9.79. The summed E-state index contributed by atoms with van der Waals surface area (Å²) < 4.78 is 24.6. The molecule has 1 saturated heterocycles. The number of ether oxygens (including phenoxy) is 4. The van der Waals surface area contributed by atoms with Crippen LogP contribution in [0.4, 0.5) is 0 Å². The van der Waals surface area contributed by atoms with Gasteiger partial charge in [0.1, 0.15) is 29.3 Å². The van der Waals surface area contributed by atoms with E-state index in [-0.39, 0.29) is 6.61 Å². The molecule has 3 atom stereocenters. The average molecular weight is 517 g/mol. The predicted octanol–water partition coefficient (Wildman–Crippen LogP) is 2.82. The van der Waals surface area contributed by atoms with E-state index in [2.05, 4.69) is 4.98 Å². The maximum absolute atomic E-state index is 12.4. The van der Waals surface area contributed by atoms with Crippen molar-refractivity contribution in [2.75, 3.05) is 20.8 Å². The van der Waals surface area contributed by atoms with Crippen LogP contribution < -0.4 is 20.7 Å². The Labute approximate surface area is 218 Å². The topological polar surface area (TPSA) is 112 Å². The maximum Gasteiger partial charge on any atom is 0.330 e. The van der Waals surface area contributed by atoms with Crippen molar-refractivity contribution in [2.24, 2.45) is 0 Å². The second-order valence-corrected chi connectivity index (χ2v) is 8.89. The third-order valence-corrected chi connectivity index (χ3v) is 6.73. The van der Waals surface area contributed by atoms with Gasteiger partial charge in [-0.3, -0.25) is 14.3 Å². The number of benzene rings is 3. The summed E-state index contributed by atoms with van der Waals surface area (Å²) in [6.45, 7) is 0.0122. The molecule has 9 nitrogen and oxygen atoms in total. The Morgan fingerprint density at radius 3 is 1.92 bits per heavy atom. The van der Waals surface area contributed by atoms with Crippen LogP contribution >= 0.6 is 0 Å². The van der Waals surface area contributed by atoms with E-state index in [4.69, 9.17) is 18.9 Å². The van der Waals surface area contributed by atoms with Crippen LogP contribution in [0.1, 0.15) is 22.9 Å². The number of hydrogen-bond acceptors (Lipinski definition) is 7. The molecule has 1 aliphatic heterocycles. The Hall–Kier alpha value is -4.18. The first-order valence-corrected chi connectivity index (χ1v) is 12.1. The predicted molar refractivity (Wildman–Crippen MR) is 140 cm³/mol. The van der Waals surface area contributed by atoms with E-state index in [0.29, 0.717) is 11.5 Å². The lowest BCUT2D eigenvalue weighted by Crippen LogP contribution is -2.43. The molecule has 0 amide bonds.